The lowest BCUT2D eigenvalue weighted by Gasteiger charge is -2.38. The highest BCUT2D eigenvalue weighted by Gasteiger charge is 2.21. The molecule has 0 amide bonds. The molecular formula is C25H29N3O2. The summed E-state index contributed by atoms with van der Waals surface area (Å²) in [6, 6.07) is 21.1. The Balaban J connectivity index is 1.55. The molecule has 0 bridgehead atoms. The van der Waals surface area contributed by atoms with Gasteiger partial charge in [0.05, 0.1) is 25.6 Å². The predicted octanol–water partition coefficient (Wildman–Crippen LogP) is 4.65. The Morgan fingerprint density at radius 1 is 0.767 bits per heavy atom. The average Bonchev–Trinajstić information content (AvgIpc) is 2.84. The first-order valence-corrected chi connectivity index (χ1v) is 10.5. The van der Waals surface area contributed by atoms with Crippen LogP contribution >= 0.6 is 0 Å². The highest BCUT2D eigenvalue weighted by atomic mass is 16.5. The van der Waals surface area contributed by atoms with Gasteiger partial charge in [-0.2, -0.15) is 0 Å². The van der Waals surface area contributed by atoms with Gasteiger partial charge in [0.2, 0.25) is 5.88 Å². The van der Waals surface area contributed by atoms with Gasteiger partial charge in [-0.05, 0) is 42.3 Å². The maximum atomic E-state index is 5.41. The first kappa shape index (κ1) is 20.1. The first-order valence-electron chi connectivity index (χ1n) is 10.5. The van der Waals surface area contributed by atoms with E-state index in [2.05, 4.69) is 59.2 Å². The largest absolute Gasteiger partial charge is 0.497 e. The van der Waals surface area contributed by atoms with Crippen molar-refractivity contribution in [1.82, 2.24) is 4.98 Å². The minimum Gasteiger partial charge on any atom is -0.497 e. The van der Waals surface area contributed by atoms with Crippen molar-refractivity contribution in [2.75, 3.05) is 50.2 Å². The third-order valence-electron chi connectivity index (χ3n) is 5.75. The third-order valence-corrected chi connectivity index (χ3v) is 5.75. The zero-order chi connectivity index (χ0) is 20.9. The summed E-state index contributed by atoms with van der Waals surface area (Å²) in [6.07, 6.45) is 1.03. The quantitative estimate of drug-likeness (QED) is 0.599. The summed E-state index contributed by atoms with van der Waals surface area (Å²) in [7, 11) is 3.36. The number of anilines is 2. The molecule has 0 aliphatic carbocycles. The molecule has 1 aromatic heterocycles. The molecule has 0 radical (unpaired) electrons. The molecule has 1 fully saturated rings. The zero-order valence-electron chi connectivity index (χ0n) is 18.0. The molecule has 5 heteroatoms. The summed E-state index contributed by atoms with van der Waals surface area (Å²) in [5, 5.41) is 0. The highest BCUT2D eigenvalue weighted by Crippen LogP contribution is 2.33. The Labute approximate surface area is 178 Å². The fraction of sp³-hybridized carbons (Fsp3) is 0.320. The lowest BCUT2D eigenvalue weighted by molar-refractivity contribution is 0.398. The van der Waals surface area contributed by atoms with E-state index < -0.39 is 0 Å². The summed E-state index contributed by atoms with van der Waals surface area (Å²) in [5.41, 5.74) is 5.83. The van der Waals surface area contributed by atoms with E-state index in [-0.39, 0.29) is 0 Å². The second-order valence-electron chi connectivity index (χ2n) is 7.44. The Bertz CT molecular complexity index is 963. The van der Waals surface area contributed by atoms with E-state index in [1.54, 1.807) is 14.2 Å². The van der Waals surface area contributed by atoms with Crippen molar-refractivity contribution in [2.45, 2.75) is 13.3 Å². The number of rotatable bonds is 6. The highest BCUT2D eigenvalue weighted by molar-refractivity contribution is 5.76. The molecule has 1 aliphatic heterocycles. The monoisotopic (exact) mass is 403 g/mol. The molecule has 2 aromatic carbocycles. The molecule has 1 aliphatic rings. The van der Waals surface area contributed by atoms with Gasteiger partial charge in [0.25, 0.3) is 0 Å². The number of benzene rings is 2. The number of aromatic nitrogens is 1. The van der Waals surface area contributed by atoms with Crippen LogP contribution in [0.25, 0.3) is 11.3 Å². The maximum Gasteiger partial charge on any atom is 0.213 e. The van der Waals surface area contributed by atoms with Crippen LogP contribution in [0.2, 0.25) is 0 Å². The van der Waals surface area contributed by atoms with Crippen LogP contribution in [0.3, 0.4) is 0 Å². The zero-order valence-corrected chi connectivity index (χ0v) is 18.0. The van der Waals surface area contributed by atoms with Crippen LogP contribution in [0, 0.1) is 0 Å². The summed E-state index contributed by atoms with van der Waals surface area (Å²) >= 11 is 0. The number of pyridine rings is 1. The SMILES string of the molecule is CCc1ccc(-c2nc(OC)ccc2N2CCN(c3ccc(OC)cc3)CC2)cc1. The van der Waals surface area contributed by atoms with Gasteiger partial charge in [-0.1, -0.05) is 31.2 Å². The van der Waals surface area contributed by atoms with Crippen LogP contribution in [0.4, 0.5) is 11.4 Å². The fourth-order valence-corrected chi connectivity index (χ4v) is 3.91. The molecule has 5 nitrogen and oxygen atoms in total. The lowest BCUT2D eigenvalue weighted by atomic mass is 10.0. The normalized spacial score (nSPS) is 14.0. The van der Waals surface area contributed by atoms with Crippen LogP contribution in [0.1, 0.15) is 12.5 Å². The molecule has 0 saturated carbocycles. The first-order chi connectivity index (χ1) is 14.7. The number of nitrogens with zero attached hydrogens (tertiary/aromatic N) is 3. The lowest BCUT2D eigenvalue weighted by Crippen LogP contribution is -2.46. The van der Waals surface area contributed by atoms with Gasteiger partial charge in [0.15, 0.2) is 0 Å². The number of piperazine rings is 1. The van der Waals surface area contributed by atoms with Crippen molar-refractivity contribution in [2.24, 2.45) is 0 Å². The van der Waals surface area contributed by atoms with Gasteiger partial charge < -0.3 is 19.3 Å². The van der Waals surface area contributed by atoms with E-state index >= 15 is 0 Å². The fourth-order valence-electron chi connectivity index (χ4n) is 3.91. The molecule has 30 heavy (non-hydrogen) atoms. The van der Waals surface area contributed by atoms with Crippen molar-refractivity contribution >= 4 is 11.4 Å². The van der Waals surface area contributed by atoms with Crippen molar-refractivity contribution < 1.29 is 9.47 Å². The molecule has 0 spiro atoms. The van der Waals surface area contributed by atoms with E-state index in [9.17, 15) is 0 Å². The minimum absolute atomic E-state index is 0.644. The minimum atomic E-state index is 0.644. The van der Waals surface area contributed by atoms with Gasteiger partial charge in [-0.25, -0.2) is 4.98 Å². The number of ether oxygens (including phenoxy) is 2. The van der Waals surface area contributed by atoms with E-state index in [4.69, 9.17) is 14.5 Å². The second-order valence-corrected chi connectivity index (χ2v) is 7.44. The molecular weight excluding hydrogens is 374 g/mol. The van der Waals surface area contributed by atoms with Crippen molar-refractivity contribution in [3.8, 4) is 22.9 Å². The maximum absolute atomic E-state index is 5.41. The van der Waals surface area contributed by atoms with Crippen LogP contribution in [0.15, 0.2) is 60.7 Å². The summed E-state index contributed by atoms with van der Waals surface area (Å²) in [5.74, 6) is 1.53. The van der Waals surface area contributed by atoms with Gasteiger partial charge in [-0.15, -0.1) is 0 Å². The van der Waals surface area contributed by atoms with Crippen molar-refractivity contribution in [3.63, 3.8) is 0 Å². The van der Waals surface area contributed by atoms with E-state index in [1.165, 1.54) is 11.3 Å². The molecule has 4 rings (SSSR count). The number of aryl methyl sites for hydroxylation is 1. The van der Waals surface area contributed by atoms with Crippen LogP contribution in [0.5, 0.6) is 11.6 Å². The van der Waals surface area contributed by atoms with Gasteiger partial charge >= 0.3 is 0 Å². The Morgan fingerprint density at radius 3 is 2.03 bits per heavy atom. The Morgan fingerprint density at radius 2 is 1.43 bits per heavy atom. The molecule has 1 saturated heterocycles. The van der Waals surface area contributed by atoms with Crippen LogP contribution in [-0.2, 0) is 6.42 Å². The topological polar surface area (TPSA) is 37.8 Å². The van der Waals surface area contributed by atoms with Crippen LogP contribution in [-0.4, -0.2) is 45.4 Å². The van der Waals surface area contributed by atoms with E-state index in [1.807, 2.05) is 18.2 Å². The molecule has 0 unspecified atom stereocenters. The van der Waals surface area contributed by atoms with Crippen LogP contribution < -0.4 is 19.3 Å². The van der Waals surface area contributed by atoms with Crippen molar-refractivity contribution in [3.05, 3.63) is 66.2 Å². The third kappa shape index (κ3) is 4.20. The number of hydrogen-bond donors (Lipinski definition) is 0. The number of hydrogen-bond acceptors (Lipinski definition) is 5. The second kappa shape index (κ2) is 9.08. The average molecular weight is 404 g/mol. The Hall–Kier alpha value is -3.21. The van der Waals surface area contributed by atoms with E-state index in [0.717, 1.165) is 55.3 Å². The van der Waals surface area contributed by atoms with Crippen molar-refractivity contribution in [1.29, 1.82) is 0 Å². The standard InChI is InChI=1S/C25H29N3O2/c1-4-19-5-7-20(8-6-19)25-23(13-14-24(26-25)30-3)28-17-15-27(16-18-28)21-9-11-22(29-2)12-10-21/h5-14H,4,15-18H2,1-3H3. The smallest absolute Gasteiger partial charge is 0.213 e. The molecule has 156 valence electrons. The predicted molar refractivity (Wildman–Crippen MR) is 123 cm³/mol. The van der Waals surface area contributed by atoms with Gasteiger partial charge in [0.1, 0.15) is 5.75 Å². The molecule has 0 atom stereocenters. The molecule has 2 heterocycles. The number of methoxy groups -OCH3 is 2. The summed E-state index contributed by atoms with van der Waals surface area (Å²) < 4.78 is 10.7. The summed E-state index contributed by atoms with van der Waals surface area (Å²) in [6.45, 7) is 5.99. The van der Waals surface area contributed by atoms with Gasteiger partial charge in [0, 0.05) is 43.5 Å². The van der Waals surface area contributed by atoms with Gasteiger partial charge in [-0.3, -0.25) is 0 Å². The molecule has 3 aromatic rings. The molecule has 0 N–H and O–H groups in total. The van der Waals surface area contributed by atoms with E-state index in [0.29, 0.717) is 5.88 Å². The Kier molecular flexibility index (Phi) is 6.07. The summed E-state index contributed by atoms with van der Waals surface area (Å²) in [4.78, 5) is 9.64.